The second kappa shape index (κ2) is 6.66. The molecule has 1 atom stereocenters. The lowest BCUT2D eigenvalue weighted by Gasteiger charge is -2.18. The summed E-state index contributed by atoms with van der Waals surface area (Å²) in [7, 11) is 4.07. The van der Waals surface area contributed by atoms with Gasteiger partial charge in [-0.15, -0.1) is 0 Å². The molecule has 3 heterocycles. The Morgan fingerprint density at radius 2 is 1.83 bits per heavy atom. The zero-order valence-corrected chi connectivity index (χ0v) is 13.5. The monoisotopic (exact) mass is 312 g/mol. The summed E-state index contributed by atoms with van der Waals surface area (Å²) in [6, 6.07) is 7.66. The van der Waals surface area contributed by atoms with Gasteiger partial charge in [0.1, 0.15) is 11.5 Å². The van der Waals surface area contributed by atoms with Crippen molar-refractivity contribution in [2.24, 2.45) is 0 Å². The van der Waals surface area contributed by atoms with Crippen molar-refractivity contribution < 1.29 is 8.83 Å². The molecular weight excluding hydrogens is 292 g/mol. The summed E-state index contributed by atoms with van der Waals surface area (Å²) in [5.74, 6) is 1.97. The van der Waals surface area contributed by atoms with Crippen LogP contribution in [0.4, 0.5) is 5.95 Å². The molecule has 3 rings (SSSR count). The van der Waals surface area contributed by atoms with Crippen molar-refractivity contribution in [3.05, 3.63) is 43.0 Å². The summed E-state index contributed by atoms with van der Waals surface area (Å²) >= 11 is 0. The van der Waals surface area contributed by atoms with Crippen LogP contribution in [0.5, 0.6) is 0 Å². The van der Waals surface area contributed by atoms with Gasteiger partial charge in [0.15, 0.2) is 5.76 Å². The molecule has 0 aliphatic heterocycles. The van der Waals surface area contributed by atoms with E-state index in [0.717, 1.165) is 12.1 Å². The third-order valence-corrected chi connectivity index (χ3v) is 3.34. The molecule has 0 fully saturated rings. The zero-order chi connectivity index (χ0) is 16.2. The van der Waals surface area contributed by atoms with Gasteiger partial charge in [0, 0.05) is 18.8 Å². The first-order valence-electron chi connectivity index (χ1n) is 7.49. The largest absolute Gasteiger partial charge is 0.464 e. The fourth-order valence-corrected chi connectivity index (χ4v) is 2.48. The summed E-state index contributed by atoms with van der Waals surface area (Å²) in [5.41, 5.74) is 1.51. The molecule has 23 heavy (non-hydrogen) atoms. The second-order valence-corrected chi connectivity index (χ2v) is 5.72. The highest BCUT2D eigenvalue weighted by Gasteiger charge is 2.16. The summed E-state index contributed by atoms with van der Waals surface area (Å²) in [6.07, 6.45) is 5.02. The number of furan rings is 2. The molecule has 3 aromatic rings. The molecule has 6 nitrogen and oxygen atoms in total. The van der Waals surface area contributed by atoms with E-state index in [-0.39, 0.29) is 6.04 Å². The minimum atomic E-state index is 0.226. The van der Waals surface area contributed by atoms with Crippen LogP contribution >= 0.6 is 0 Å². The fraction of sp³-hybridized carbons (Fsp3) is 0.294. The number of nitrogens with zero attached hydrogens (tertiary/aromatic N) is 3. The van der Waals surface area contributed by atoms with Crippen LogP contribution in [0.1, 0.15) is 6.92 Å². The maximum Gasteiger partial charge on any atom is 0.223 e. The summed E-state index contributed by atoms with van der Waals surface area (Å²) in [6.45, 7) is 2.98. The quantitative estimate of drug-likeness (QED) is 0.753. The van der Waals surface area contributed by atoms with Crippen molar-refractivity contribution in [1.29, 1.82) is 0 Å². The van der Waals surface area contributed by atoms with Crippen LogP contribution in [0.2, 0.25) is 0 Å². The second-order valence-electron chi connectivity index (χ2n) is 5.72. The van der Waals surface area contributed by atoms with Crippen LogP contribution in [0.25, 0.3) is 22.8 Å². The predicted molar refractivity (Wildman–Crippen MR) is 89.1 cm³/mol. The van der Waals surface area contributed by atoms with Crippen molar-refractivity contribution in [1.82, 2.24) is 14.9 Å². The van der Waals surface area contributed by atoms with Crippen LogP contribution in [0.15, 0.2) is 51.8 Å². The Morgan fingerprint density at radius 1 is 1.13 bits per heavy atom. The van der Waals surface area contributed by atoms with Crippen molar-refractivity contribution in [2.75, 3.05) is 26.0 Å². The number of hydrogen-bond donors (Lipinski definition) is 1. The van der Waals surface area contributed by atoms with Gasteiger partial charge in [-0.2, -0.15) is 0 Å². The van der Waals surface area contributed by atoms with Gasteiger partial charge in [0.2, 0.25) is 5.95 Å². The standard InChI is InChI=1S/C17H20N4O2/c1-12(11-21(2)3)19-17-18-10-13(14-6-4-8-22-14)16(20-17)15-7-5-9-23-15/h4-10,12H,11H2,1-3H3,(H,18,19,20)/t12-/m0/s1. The van der Waals surface area contributed by atoms with Crippen LogP contribution < -0.4 is 5.32 Å². The van der Waals surface area contributed by atoms with Gasteiger partial charge < -0.3 is 19.1 Å². The minimum absolute atomic E-state index is 0.226. The van der Waals surface area contributed by atoms with Crippen molar-refractivity contribution >= 4 is 5.95 Å². The Hall–Kier alpha value is -2.60. The van der Waals surface area contributed by atoms with E-state index in [1.54, 1.807) is 18.7 Å². The van der Waals surface area contributed by atoms with E-state index in [2.05, 4.69) is 27.1 Å². The Labute approximate surface area is 135 Å². The van der Waals surface area contributed by atoms with E-state index in [1.807, 2.05) is 38.4 Å². The molecule has 0 aliphatic rings. The van der Waals surface area contributed by atoms with Gasteiger partial charge in [0.05, 0.1) is 18.1 Å². The third kappa shape index (κ3) is 3.60. The smallest absolute Gasteiger partial charge is 0.223 e. The highest BCUT2D eigenvalue weighted by Crippen LogP contribution is 2.31. The van der Waals surface area contributed by atoms with E-state index in [4.69, 9.17) is 8.83 Å². The Morgan fingerprint density at radius 3 is 2.43 bits per heavy atom. The molecule has 0 radical (unpaired) electrons. The Bertz CT molecular complexity index is 736. The van der Waals surface area contributed by atoms with Crippen LogP contribution in [-0.4, -0.2) is 41.5 Å². The number of aromatic nitrogens is 2. The average molecular weight is 312 g/mol. The van der Waals surface area contributed by atoms with Gasteiger partial charge in [-0.1, -0.05) is 0 Å². The molecular formula is C17H20N4O2. The number of nitrogens with one attached hydrogen (secondary N) is 1. The molecule has 3 aromatic heterocycles. The van der Waals surface area contributed by atoms with Gasteiger partial charge in [-0.25, -0.2) is 9.97 Å². The highest BCUT2D eigenvalue weighted by molar-refractivity contribution is 5.75. The summed E-state index contributed by atoms with van der Waals surface area (Å²) < 4.78 is 11.0. The molecule has 0 unspecified atom stereocenters. The molecule has 0 bridgehead atoms. The van der Waals surface area contributed by atoms with Crippen LogP contribution in [0, 0.1) is 0 Å². The average Bonchev–Trinajstić information content (AvgIpc) is 3.20. The number of likely N-dealkylation sites (N-methyl/N-ethyl adjacent to an activating group) is 1. The SMILES string of the molecule is C[C@@H](CN(C)C)Nc1ncc(-c2ccco2)c(-c2ccco2)n1. The van der Waals surface area contributed by atoms with Crippen molar-refractivity contribution in [2.45, 2.75) is 13.0 Å². The molecule has 0 saturated carbocycles. The molecule has 0 aliphatic carbocycles. The van der Waals surface area contributed by atoms with Crippen molar-refractivity contribution in [3.8, 4) is 22.8 Å². The number of rotatable bonds is 6. The lowest BCUT2D eigenvalue weighted by Crippen LogP contribution is -2.30. The Kier molecular flexibility index (Phi) is 4.43. The Balaban J connectivity index is 1.94. The maximum atomic E-state index is 5.51. The fourth-order valence-electron chi connectivity index (χ4n) is 2.48. The highest BCUT2D eigenvalue weighted by atomic mass is 16.3. The topological polar surface area (TPSA) is 67.3 Å². The predicted octanol–water partition coefficient (Wildman–Crippen LogP) is 3.36. The first-order chi connectivity index (χ1) is 11.1. The van der Waals surface area contributed by atoms with Gasteiger partial charge >= 0.3 is 0 Å². The molecule has 120 valence electrons. The third-order valence-electron chi connectivity index (χ3n) is 3.34. The zero-order valence-electron chi connectivity index (χ0n) is 13.5. The van der Waals surface area contributed by atoms with Crippen molar-refractivity contribution in [3.63, 3.8) is 0 Å². The van der Waals surface area contributed by atoms with Gasteiger partial charge in [-0.3, -0.25) is 0 Å². The summed E-state index contributed by atoms with van der Waals surface area (Å²) in [5, 5.41) is 3.31. The first kappa shape index (κ1) is 15.3. The molecule has 6 heteroatoms. The molecule has 0 aromatic carbocycles. The molecule has 0 saturated heterocycles. The normalized spacial score (nSPS) is 12.5. The molecule has 0 spiro atoms. The summed E-state index contributed by atoms with van der Waals surface area (Å²) in [4.78, 5) is 11.1. The number of anilines is 1. The lowest BCUT2D eigenvalue weighted by molar-refractivity contribution is 0.391. The maximum absolute atomic E-state index is 5.51. The minimum Gasteiger partial charge on any atom is -0.464 e. The van der Waals surface area contributed by atoms with E-state index in [0.29, 0.717) is 23.2 Å². The van der Waals surface area contributed by atoms with Crippen LogP contribution in [0.3, 0.4) is 0 Å². The lowest BCUT2D eigenvalue weighted by atomic mass is 10.1. The molecule has 0 amide bonds. The number of hydrogen-bond acceptors (Lipinski definition) is 6. The first-order valence-corrected chi connectivity index (χ1v) is 7.49. The van der Waals surface area contributed by atoms with Gasteiger partial charge in [0.25, 0.3) is 0 Å². The van der Waals surface area contributed by atoms with Gasteiger partial charge in [-0.05, 0) is 45.3 Å². The van der Waals surface area contributed by atoms with E-state index in [9.17, 15) is 0 Å². The van der Waals surface area contributed by atoms with E-state index >= 15 is 0 Å². The van der Waals surface area contributed by atoms with Crippen LogP contribution in [-0.2, 0) is 0 Å². The van der Waals surface area contributed by atoms with E-state index in [1.165, 1.54) is 0 Å². The molecule has 1 N–H and O–H groups in total. The van der Waals surface area contributed by atoms with E-state index < -0.39 is 0 Å².